The third-order valence-corrected chi connectivity index (χ3v) is 9.16. The number of carbonyl (C=O) groups is 2. The second-order valence-corrected chi connectivity index (χ2v) is 13.3. The number of Topliss-reactive ketones (excluding diaryl/α,β-unsaturated/α-hetero) is 2. The molecule has 0 fully saturated rings. The number of nitrogen functional groups attached to an aromatic ring is 2. The highest BCUT2D eigenvalue weighted by atomic mass is 16.5. The highest BCUT2D eigenvalue weighted by Crippen LogP contribution is 2.38. The smallest absolute Gasteiger partial charge is 0.189 e. The second-order valence-electron chi connectivity index (χ2n) is 13.3. The van der Waals surface area contributed by atoms with Crippen molar-refractivity contribution in [2.75, 3.05) is 92.1 Å². The summed E-state index contributed by atoms with van der Waals surface area (Å²) < 4.78 is 32.4. The summed E-state index contributed by atoms with van der Waals surface area (Å²) in [6.45, 7) is 3.98. The molecule has 12 heteroatoms. The third kappa shape index (κ3) is 11.2. The number of nitrogens with zero attached hydrogens (tertiary/aromatic N) is 2. The normalized spacial score (nSPS) is 11.2. The first-order chi connectivity index (χ1) is 27.2. The minimum absolute atomic E-state index is 0.0549. The molecule has 57 heavy (non-hydrogen) atoms. The first kappa shape index (κ1) is 45.1. The van der Waals surface area contributed by atoms with Gasteiger partial charge in [0, 0.05) is 73.7 Å². The van der Waals surface area contributed by atoms with Crippen molar-refractivity contribution in [2.45, 2.75) is 33.1 Å². The van der Waals surface area contributed by atoms with Gasteiger partial charge in [0.2, 0.25) is 0 Å². The molecular weight excluding hydrogens is 725 g/mol. The minimum Gasteiger partial charge on any atom is -0.496 e. The Hall–Kier alpha value is -6.30. The van der Waals surface area contributed by atoms with E-state index in [0.717, 1.165) is 28.9 Å². The van der Waals surface area contributed by atoms with E-state index >= 15 is 0 Å². The lowest BCUT2D eigenvalue weighted by molar-refractivity contribution is 0.102. The van der Waals surface area contributed by atoms with Gasteiger partial charge >= 0.3 is 0 Å². The Morgan fingerprint density at radius 2 is 0.877 bits per heavy atom. The molecule has 0 saturated carbocycles. The molecule has 306 valence electrons. The van der Waals surface area contributed by atoms with Crippen LogP contribution in [-0.4, -0.2) is 82.4 Å². The van der Waals surface area contributed by atoms with Gasteiger partial charge < -0.3 is 49.7 Å². The minimum atomic E-state index is -0.0728. The van der Waals surface area contributed by atoms with Crippen LogP contribution in [0.4, 0.5) is 22.7 Å². The van der Waals surface area contributed by atoms with Gasteiger partial charge in [0.25, 0.3) is 0 Å². The second kappa shape index (κ2) is 21.1. The number of benzene rings is 4. The lowest BCUT2D eigenvalue weighted by Gasteiger charge is -2.16. The molecule has 12 nitrogen and oxygen atoms in total. The number of ether oxygens (including phenoxy) is 6. The number of allylic oxidation sites excluding steroid dienone is 2. The summed E-state index contributed by atoms with van der Waals surface area (Å²) in [5.41, 5.74) is 19.1. The molecule has 0 aromatic heterocycles. The summed E-state index contributed by atoms with van der Waals surface area (Å²) in [4.78, 5) is 30.1. The van der Waals surface area contributed by atoms with Gasteiger partial charge in [0.1, 0.15) is 11.5 Å². The number of carbonyl (C=O) groups excluding carboxylic acids is 2. The van der Waals surface area contributed by atoms with Gasteiger partial charge in [-0.3, -0.25) is 9.59 Å². The number of rotatable bonds is 17. The molecule has 4 N–H and O–H groups in total. The van der Waals surface area contributed by atoms with Crippen LogP contribution in [0, 0.1) is 0 Å². The van der Waals surface area contributed by atoms with Crippen LogP contribution in [0.1, 0.15) is 65.0 Å². The van der Waals surface area contributed by atoms with E-state index in [1.165, 1.54) is 0 Å². The summed E-state index contributed by atoms with van der Waals surface area (Å²) in [6, 6.07) is 17.9. The average molecular weight is 783 g/mol. The number of hydrogen-bond donors (Lipinski definition) is 2. The van der Waals surface area contributed by atoms with E-state index in [0.29, 0.717) is 81.0 Å². The molecule has 0 saturated heterocycles. The van der Waals surface area contributed by atoms with E-state index < -0.39 is 0 Å². The number of methoxy groups -OCH3 is 6. The third-order valence-electron chi connectivity index (χ3n) is 9.16. The largest absolute Gasteiger partial charge is 0.496 e. The molecule has 0 spiro atoms. The molecule has 0 bridgehead atoms. The van der Waals surface area contributed by atoms with Crippen LogP contribution in [0.25, 0.3) is 12.2 Å². The Kier molecular flexibility index (Phi) is 16.7. The maximum atomic E-state index is 13.2. The summed E-state index contributed by atoms with van der Waals surface area (Å²) >= 11 is 0. The molecule has 0 aliphatic heterocycles. The molecular formula is C45H58N4O8. The van der Waals surface area contributed by atoms with E-state index in [1.54, 1.807) is 79.1 Å². The van der Waals surface area contributed by atoms with Gasteiger partial charge in [-0.05, 0) is 73.5 Å². The van der Waals surface area contributed by atoms with Crippen LogP contribution in [0.15, 0.2) is 71.8 Å². The van der Waals surface area contributed by atoms with E-state index in [-0.39, 0.29) is 11.6 Å². The van der Waals surface area contributed by atoms with Gasteiger partial charge in [0.15, 0.2) is 34.6 Å². The summed E-state index contributed by atoms with van der Waals surface area (Å²) in [7, 11) is 17.1. The Morgan fingerprint density at radius 3 is 1.19 bits per heavy atom. The monoisotopic (exact) mass is 782 g/mol. The van der Waals surface area contributed by atoms with Crippen LogP contribution in [-0.2, 0) is 0 Å². The standard InChI is InChI=1S/C23H30N2O4.C22H28N2O4/c1-7-8-15(23(26)16-9-10-19(25(2)3)18(24)12-16)11-17-13-21(28-5)22(29-6)14-20(17)27-4;1-7-14(22(25)15-8-9-18(24(2)3)17(23)11-15)10-16-12-20(27-5)21(28-6)13-19(16)26-4/h9-14H,7-8,24H2,1-6H3;8-13H,7,23H2,1-6H3/b15-11+;14-10+. The highest BCUT2D eigenvalue weighted by molar-refractivity contribution is 6.13. The number of anilines is 4. The van der Waals surface area contributed by atoms with Gasteiger partial charge in [-0.15, -0.1) is 0 Å². The van der Waals surface area contributed by atoms with Crippen molar-refractivity contribution in [3.63, 3.8) is 0 Å². The molecule has 4 aromatic carbocycles. The zero-order valence-electron chi connectivity index (χ0n) is 35.4. The SMILES string of the molecule is CC/C(=C\c1cc(OC)c(OC)cc1OC)C(=O)c1ccc(N(C)C)c(N)c1.CCC/C(=C\c1cc(OC)c(OC)cc1OC)C(=O)c1ccc(N(C)C)c(N)c1. The fourth-order valence-electron chi connectivity index (χ4n) is 6.13. The molecule has 4 rings (SSSR count). The maximum Gasteiger partial charge on any atom is 0.189 e. The molecule has 0 aliphatic rings. The van der Waals surface area contributed by atoms with E-state index in [1.807, 2.05) is 88.3 Å². The molecule has 0 radical (unpaired) electrons. The number of hydrogen-bond acceptors (Lipinski definition) is 12. The van der Waals surface area contributed by atoms with Gasteiger partial charge in [-0.2, -0.15) is 0 Å². The quantitative estimate of drug-likeness (QED) is 0.0602. The van der Waals surface area contributed by atoms with Crippen LogP contribution < -0.4 is 49.7 Å². The number of nitrogens with two attached hydrogens (primary N) is 2. The highest BCUT2D eigenvalue weighted by Gasteiger charge is 2.18. The van der Waals surface area contributed by atoms with Gasteiger partial charge in [-0.1, -0.05) is 20.3 Å². The summed E-state index contributed by atoms with van der Waals surface area (Å²) in [6.07, 6.45) is 5.69. The van der Waals surface area contributed by atoms with Crippen LogP contribution in [0.5, 0.6) is 34.5 Å². The van der Waals surface area contributed by atoms with Gasteiger partial charge in [-0.25, -0.2) is 0 Å². The van der Waals surface area contributed by atoms with Crippen LogP contribution >= 0.6 is 0 Å². The Balaban J connectivity index is 0.000000306. The molecule has 4 aromatic rings. The lowest BCUT2D eigenvalue weighted by atomic mass is 9.96. The fourth-order valence-corrected chi connectivity index (χ4v) is 6.13. The zero-order chi connectivity index (χ0) is 42.4. The van der Waals surface area contributed by atoms with E-state index in [9.17, 15) is 9.59 Å². The predicted octanol–water partition coefficient (Wildman–Crippen LogP) is 8.46. The summed E-state index contributed by atoms with van der Waals surface area (Å²) in [5, 5.41) is 0. The van der Waals surface area contributed by atoms with Crippen molar-refractivity contribution in [1.29, 1.82) is 0 Å². The topological polar surface area (TPSA) is 148 Å². The number of ketones is 2. The molecule has 0 heterocycles. The predicted molar refractivity (Wildman–Crippen MR) is 232 cm³/mol. The van der Waals surface area contributed by atoms with Crippen molar-refractivity contribution >= 4 is 46.5 Å². The Bertz CT molecular complexity index is 2090. The summed E-state index contributed by atoms with van der Waals surface area (Å²) in [5.74, 6) is 3.34. The Morgan fingerprint density at radius 1 is 0.526 bits per heavy atom. The fraction of sp³-hybridized carbons (Fsp3) is 0.333. The van der Waals surface area contributed by atoms with Crippen molar-refractivity contribution in [3.8, 4) is 34.5 Å². The van der Waals surface area contributed by atoms with Crippen molar-refractivity contribution in [3.05, 3.63) is 94.1 Å². The molecule has 0 aliphatic carbocycles. The van der Waals surface area contributed by atoms with E-state index in [4.69, 9.17) is 39.9 Å². The van der Waals surface area contributed by atoms with Crippen molar-refractivity contribution in [1.82, 2.24) is 0 Å². The first-order valence-electron chi connectivity index (χ1n) is 18.5. The molecule has 0 amide bonds. The zero-order valence-corrected chi connectivity index (χ0v) is 35.4. The van der Waals surface area contributed by atoms with Crippen molar-refractivity contribution < 1.29 is 38.0 Å². The van der Waals surface area contributed by atoms with E-state index in [2.05, 4.69) is 0 Å². The van der Waals surface area contributed by atoms with Crippen LogP contribution in [0.2, 0.25) is 0 Å². The molecule has 0 unspecified atom stereocenters. The average Bonchev–Trinajstić information content (AvgIpc) is 3.21. The van der Waals surface area contributed by atoms with Crippen molar-refractivity contribution in [2.24, 2.45) is 0 Å². The van der Waals surface area contributed by atoms with Crippen LogP contribution in [0.3, 0.4) is 0 Å². The van der Waals surface area contributed by atoms with Gasteiger partial charge in [0.05, 0.1) is 65.4 Å². The molecule has 0 atom stereocenters. The maximum absolute atomic E-state index is 13.2. The lowest BCUT2D eigenvalue weighted by Crippen LogP contribution is -2.12. The first-order valence-corrected chi connectivity index (χ1v) is 18.5. The Labute approximate surface area is 337 Å².